The van der Waals surface area contributed by atoms with Crippen LogP contribution in [0.5, 0.6) is 0 Å². The number of aromatic nitrogens is 3. The maximum Gasteiger partial charge on any atom is 0.164 e. The molecule has 0 atom stereocenters. The van der Waals surface area contributed by atoms with Crippen molar-refractivity contribution in [2.24, 2.45) is 0 Å². The summed E-state index contributed by atoms with van der Waals surface area (Å²) >= 11 is 0. The number of nitrogens with zero attached hydrogens (tertiary/aromatic N) is 3. The van der Waals surface area contributed by atoms with Gasteiger partial charge in [0.05, 0.1) is 0 Å². The van der Waals surface area contributed by atoms with E-state index in [1.165, 1.54) is 44.2 Å². The number of hydrogen-bond donors (Lipinski definition) is 0. The van der Waals surface area contributed by atoms with Gasteiger partial charge in [-0.05, 0) is 62.7 Å². The molecule has 0 bridgehead atoms. The first-order chi connectivity index (χ1) is 25.5. The highest BCUT2D eigenvalue weighted by Gasteiger charge is 2.38. The van der Waals surface area contributed by atoms with E-state index in [2.05, 4.69) is 111 Å². The molecular formula is C48H33N3O. The average Bonchev–Trinajstić information content (AvgIpc) is 3.70. The van der Waals surface area contributed by atoms with Crippen LogP contribution in [0.3, 0.4) is 0 Å². The monoisotopic (exact) mass is 667 g/mol. The van der Waals surface area contributed by atoms with Crippen molar-refractivity contribution < 1.29 is 4.42 Å². The van der Waals surface area contributed by atoms with Gasteiger partial charge in [0.1, 0.15) is 11.2 Å². The first-order valence-electron chi connectivity index (χ1n) is 17.7. The zero-order valence-corrected chi connectivity index (χ0v) is 28.8. The SMILES string of the molecule is CC1(C)c2cc(-c3ccc(-c4ccc(-c5nc(-c6ccccc6)nc(-c6ccccc6)n5)cc4)cc3)ccc2-c2ccc3oc4ccccc4c3c21. The summed E-state index contributed by atoms with van der Waals surface area (Å²) in [6.45, 7) is 4.69. The van der Waals surface area contributed by atoms with Gasteiger partial charge < -0.3 is 4.42 Å². The maximum atomic E-state index is 6.27. The summed E-state index contributed by atoms with van der Waals surface area (Å²) in [5.74, 6) is 1.97. The molecule has 1 aliphatic rings. The molecular weight excluding hydrogens is 635 g/mol. The fourth-order valence-electron chi connectivity index (χ4n) is 7.91. The van der Waals surface area contributed by atoms with Gasteiger partial charge in [-0.3, -0.25) is 0 Å². The van der Waals surface area contributed by atoms with E-state index in [0.717, 1.165) is 39.0 Å². The molecule has 0 spiro atoms. The summed E-state index contributed by atoms with van der Waals surface area (Å²) in [4.78, 5) is 14.6. The maximum absolute atomic E-state index is 6.27. The Balaban J connectivity index is 0.956. The van der Waals surface area contributed by atoms with Crippen LogP contribution in [0, 0.1) is 0 Å². The molecule has 9 aromatic rings. The smallest absolute Gasteiger partial charge is 0.164 e. The van der Waals surface area contributed by atoms with E-state index in [1.54, 1.807) is 0 Å². The molecule has 0 fully saturated rings. The fraction of sp³-hybridized carbons (Fsp3) is 0.0625. The Labute approximate surface area is 302 Å². The van der Waals surface area contributed by atoms with Gasteiger partial charge in [0.15, 0.2) is 17.5 Å². The Morgan fingerprint density at radius 1 is 0.404 bits per heavy atom. The predicted molar refractivity (Wildman–Crippen MR) is 212 cm³/mol. The van der Waals surface area contributed by atoms with Crippen molar-refractivity contribution >= 4 is 21.9 Å². The van der Waals surface area contributed by atoms with Crippen LogP contribution < -0.4 is 0 Å². The van der Waals surface area contributed by atoms with Crippen LogP contribution in [-0.2, 0) is 5.41 Å². The number of hydrogen-bond acceptors (Lipinski definition) is 4. The molecule has 0 saturated heterocycles. The topological polar surface area (TPSA) is 51.8 Å². The van der Waals surface area contributed by atoms with Crippen LogP contribution >= 0.6 is 0 Å². The molecule has 0 N–H and O–H groups in total. The first-order valence-corrected chi connectivity index (χ1v) is 17.7. The van der Waals surface area contributed by atoms with Crippen LogP contribution in [0.4, 0.5) is 0 Å². The van der Waals surface area contributed by atoms with Crippen LogP contribution in [-0.4, -0.2) is 15.0 Å². The molecule has 2 heterocycles. The van der Waals surface area contributed by atoms with E-state index < -0.39 is 0 Å². The number of fused-ring (bicyclic) bond motifs is 7. The summed E-state index contributed by atoms with van der Waals surface area (Å²) in [6, 6.07) is 57.2. The van der Waals surface area contributed by atoms with Crippen molar-refractivity contribution in [3.05, 3.63) is 175 Å². The second-order valence-corrected chi connectivity index (χ2v) is 14.0. The Morgan fingerprint density at radius 2 is 0.865 bits per heavy atom. The number of para-hydroxylation sites is 1. The van der Waals surface area contributed by atoms with Gasteiger partial charge in [0.2, 0.25) is 0 Å². The van der Waals surface area contributed by atoms with Crippen LogP contribution in [0.25, 0.3) is 89.5 Å². The van der Waals surface area contributed by atoms with Gasteiger partial charge in [-0.25, -0.2) is 15.0 Å². The molecule has 0 saturated carbocycles. The van der Waals surface area contributed by atoms with E-state index in [1.807, 2.05) is 66.7 Å². The normalized spacial score (nSPS) is 13.0. The zero-order valence-electron chi connectivity index (χ0n) is 28.8. The highest BCUT2D eigenvalue weighted by Crippen LogP contribution is 2.53. The first kappa shape index (κ1) is 30.2. The minimum Gasteiger partial charge on any atom is -0.456 e. The van der Waals surface area contributed by atoms with Gasteiger partial charge in [-0.2, -0.15) is 0 Å². The molecule has 4 heteroatoms. The molecule has 2 aromatic heterocycles. The molecule has 1 aliphatic carbocycles. The minimum atomic E-state index is -0.170. The lowest BCUT2D eigenvalue weighted by Gasteiger charge is -2.23. The van der Waals surface area contributed by atoms with Gasteiger partial charge >= 0.3 is 0 Å². The van der Waals surface area contributed by atoms with E-state index >= 15 is 0 Å². The van der Waals surface area contributed by atoms with Gasteiger partial charge in [0, 0.05) is 32.9 Å². The molecule has 0 aliphatic heterocycles. The second-order valence-electron chi connectivity index (χ2n) is 14.0. The zero-order chi connectivity index (χ0) is 34.8. The Morgan fingerprint density at radius 3 is 1.46 bits per heavy atom. The van der Waals surface area contributed by atoms with Crippen LogP contribution in [0.15, 0.2) is 168 Å². The van der Waals surface area contributed by atoms with E-state index in [4.69, 9.17) is 19.4 Å². The fourth-order valence-corrected chi connectivity index (χ4v) is 7.91. The molecule has 0 unspecified atom stereocenters. The summed E-state index contributed by atoms with van der Waals surface area (Å²) in [7, 11) is 0. The molecule has 4 nitrogen and oxygen atoms in total. The minimum absolute atomic E-state index is 0.170. The van der Waals surface area contributed by atoms with Crippen molar-refractivity contribution in [1.29, 1.82) is 0 Å². The lowest BCUT2D eigenvalue weighted by molar-refractivity contribution is 0.657. The molecule has 7 aromatic carbocycles. The third-order valence-corrected chi connectivity index (χ3v) is 10.5. The number of benzene rings is 7. The van der Waals surface area contributed by atoms with Gasteiger partial charge in [0.25, 0.3) is 0 Å². The predicted octanol–water partition coefficient (Wildman–Crippen LogP) is 12.4. The van der Waals surface area contributed by atoms with Crippen molar-refractivity contribution in [3.8, 4) is 67.5 Å². The summed E-state index contributed by atoms with van der Waals surface area (Å²) < 4.78 is 6.27. The van der Waals surface area contributed by atoms with Crippen molar-refractivity contribution in [1.82, 2.24) is 15.0 Å². The highest BCUT2D eigenvalue weighted by atomic mass is 16.3. The number of rotatable bonds is 5. The average molecular weight is 668 g/mol. The largest absolute Gasteiger partial charge is 0.456 e. The summed E-state index contributed by atoms with van der Waals surface area (Å²) in [5, 5.41) is 2.41. The molecule has 0 amide bonds. The van der Waals surface area contributed by atoms with Crippen LogP contribution in [0.1, 0.15) is 25.0 Å². The van der Waals surface area contributed by atoms with Crippen molar-refractivity contribution in [2.45, 2.75) is 19.3 Å². The lowest BCUT2D eigenvalue weighted by Crippen LogP contribution is -2.15. The summed E-state index contributed by atoms with van der Waals surface area (Å²) in [5.41, 5.74) is 14.6. The van der Waals surface area contributed by atoms with Crippen molar-refractivity contribution in [3.63, 3.8) is 0 Å². The highest BCUT2D eigenvalue weighted by molar-refractivity contribution is 6.11. The van der Waals surface area contributed by atoms with Gasteiger partial charge in [-0.1, -0.05) is 159 Å². The Bertz CT molecular complexity index is 2720. The molecule has 52 heavy (non-hydrogen) atoms. The quantitative estimate of drug-likeness (QED) is 0.183. The lowest BCUT2D eigenvalue weighted by atomic mass is 9.80. The third kappa shape index (κ3) is 4.87. The Hall–Kier alpha value is -6.65. The molecule has 10 rings (SSSR count). The number of furan rings is 1. The van der Waals surface area contributed by atoms with Crippen LogP contribution in [0.2, 0.25) is 0 Å². The Kier molecular flexibility index (Phi) is 6.80. The van der Waals surface area contributed by atoms with E-state index in [0.29, 0.717) is 17.5 Å². The standard InChI is InChI=1S/C48H33N3O/c1-48(2)40-29-36(25-26-37(40)38-27-28-42-43(44(38)48)39-15-9-10-16-41(39)52-42)32-19-17-30(18-20-32)31-21-23-35(24-22-31)47-50-45(33-11-5-3-6-12-33)49-46(51-47)34-13-7-4-8-14-34/h3-29H,1-2H3. The molecule has 0 radical (unpaired) electrons. The van der Waals surface area contributed by atoms with E-state index in [9.17, 15) is 0 Å². The second kappa shape index (κ2) is 11.7. The van der Waals surface area contributed by atoms with Crippen molar-refractivity contribution in [2.75, 3.05) is 0 Å². The molecule has 246 valence electrons. The summed E-state index contributed by atoms with van der Waals surface area (Å²) in [6.07, 6.45) is 0. The third-order valence-electron chi connectivity index (χ3n) is 10.5. The van der Waals surface area contributed by atoms with E-state index in [-0.39, 0.29) is 5.41 Å². The van der Waals surface area contributed by atoms with Gasteiger partial charge in [-0.15, -0.1) is 0 Å².